The van der Waals surface area contributed by atoms with Crippen molar-refractivity contribution in [3.8, 4) is 0 Å². The fourth-order valence-electron chi connectivity index (χ4n) is 3.78. The molecule has 0 radical (unpaired) electrons. The van der Waals surface area contributed by atoms with Crippen LogP contribution in [-0.4, -0.2) is 60.6 Å². The maximum atomic E-state index is 13.7. The van der Waals surface area contributed by atoms with Gasteiger partial charge in [-0.3, -0.25) is 14.4 Å². The first-order chi connectivity index (χ1) is 17.3. The summed E-state index contributed by atoms with van der Waals surface area (Å²) < 4.78 is 9.97. The number of carbonyl (C=O) groups excluding carboxylic acids is 4. The standard InChI is InChI=1S/C28H45N3O6/c1-9-10-11-12-13-16-31(26(34)21(4)30-27(35)37-28(5,6)7)24(25(33)29-18-23(32)36-8)22-15-14-19(2)20(3)17-22/h14-15,17,21,24H,9-13,16,18H2,1-8H3,(H,29,33)(H,30,35). The highest BCUT2D eigenvalue weighted by molar-refractivity contribution is 5.93. The van der Waals surface area contributed by atoms with E-state index in [9.17, 15) is 19.2 Å². The number of alkyl carbamates (subject to hydrolysis) is 1. The largest absolute Gasteiger partial charge is 0.468 e. The first kappa shape index (κ1) is 31.9. The number of amides is 3. The lowest BCUT2D eigenvalue weighted by Crippen LogP contribution is -2.52. The lowest BCUT2D eigenvalue weighted by Gasteiger charge is -2.34. The minimum atomic E-state index is -0.995. The van der Waals surface area contributed by atoms with Crippen molar-refractivity contribution >= 4 is 23.9 Å². The first-order valence-electron chi connectivity index (χ1n) is 13.0. The number of hydrogen-bond acceptors (Lipinski definition) is 6. The van der Waals surface area contributed by atoms with E-state index in [2.05, 4.69) is 22.3 Å². The van der Waals surface area contributed by atoms with E-state index in [1.165, 1.54) is 12.0 Å². The highest BCUT2D eigenvalue weighted by atomic mass is 16.6. The third-order valence-corrected chi connectivity index (χ3v) is 5.93. The summed E-state index contributed by atoms with van der Waals surface area (Å²) in [5.41, 5.74) is 1.92. The summed E-state index contributed by atoms with van der Waals surface area (Å²) in [6.07, 6.45) is 4.07. The van der Waals surface area contributed by atoms with E-state index in [1.54, 1.807) is 27.7 Å². The van der Waals surface area contributed by atoms with Crippen LogP contribution in [0, 0.1) is 13.8 Å². The number of methoxy groups -OCH3 is 1. The lowest BCUT2D eigenvalue weighted by atomic mass is 9.98. The molecule has 0 fully saturated rings. The second-order valence-corrected chi connectivity index (χ2v) is 10.4. The lowest BCUT2D eigenvalue weighted by molar-refractivity contribution is -0.144. The number of carbonyl (C=O) groups is 4. The number of esters is 1. The van der Waals surface area contributed by atoms with Gasteiger partial charge in [-0.1, -0.05) is 50.8 Å². The van der Waals surface area contributed by atoms with Gasteiger partial charge in [-0.15, -0.1) is 0 Å². The maximum absolute atomic E-state index is 13.7. The van der Waals surface area contributed by atoms with Crippen molar-refractivity contribution in [1.82, 2.24) is 15.5 Å². The normalized spacial score (nSPS) is 12.8. The zero-order valence-electron chi connectivity index (χ0n) is 23.7. The predicted molar refractivity (Wildman–Crippen MR) is 143 cm³/mol. The van der Waals surface area contributed by atoms with Crippen LogP contribution in [0.5, 0.6) is 0 Å². The summed E-state index contributed by atoms with van der Waals surface area (Å²) in [6, 6.07) is 3.66. The fourth-order valence-corrected chi connectivity index (χ4v) is 3.78. The molecule has 0 aromatic heterocycles. The maximum Gasteiger partial charge on any atom is 0.408 e. The van der Waals surface area contributed by atoms with Gasteiger partial charge in [0.25, 0.3) is 0 Å². The van der Waals surface area contributed by atoms with E-state index >= 15 is 0 Å². The van der Waals surface area contributed by atoms with Crippen molar-refractivity contribution in [2.24, 2.45) is 0 Å². The van der Waals surface area contributed by atoms with Crippen molar-refractivity contribution < 1.29 is 28.7 Å². The number of rotatable bonds is 13. The molecule has 2 unspecified atom stereocenters. The number of aryl methyl sites for hydroxylation is 2. The number of hydrogen-bond donors (Lipinski definition) is 2. The van der Waals surface area contributed by atoms with E-state index in [0.717, 1.165) is 36.8 Å². The fraction of sp³-hybridized carbons (Fsp3) is 0.643. The zero-order valence-corrected chi connectivity index (χ0v) is 23.7. The second-order valence-electron chi connectivity index (χ2n) is 10.4. The Bertz CT molecular complexity index is 925. The molecule has 9 nitrogen and oxygen atoms in total. The highest BCUT2D eigenvalue weighted by Gasteiger charge is 2.34. The van der Waals surface area contributed by atoms with Gasteiger partial charge in [-0.05, 0) is 64.7 Å². The van der Waals surface area contributed by atoms with E-state index in [-0.39, 0.29) is 6.54 Å². The topological polar surface area (TPSA) is 114 Å². The summed E-state index contributed by atoms with van der Waals surface area (Å²) >= 11 is 0. The van der Waals surface area contributed by atoms with Crippen LogP contribution in [0.15, 0.2) is 18.2 Å². The molecule has 1 aromatic carbocycles. The van der Waals surface area contributed by atoms with E-state index in [1.807, 2.05) is 32.0 Å². The Morgan fingerprint density at radius 3 is 2.22 bits per heavy atom. The minimum Gasteiger partial charge on any atom is -0.468 e. The van der Waals surface area contributed by atoms with Crippen LogP contribution in [0.3, 0.4) is 0 Å². The van der Waals surface area contributed by atoms with E-state index in [0.29, 0.717) is 18.5 Å². The zero-order chi connectivity index (χ0) is 28.2. The van der Waals surface area contributed by atoms with E-state index < -0.39 is 41.6 Å². The van der Waals surface area contributed by atoms with Gasteiger partial charge in [0.15, 0.2) is 0 Å². The quantitative estimate of drug-likeness (QED) is 0.296. The molecule has 2 N–H and O–H groups in total. The summed E-state index contributed by atoms with van der Waals surface area (Å²) in [5.74, 6) is -1.51. The SMILES string of the molecule is CCCCCCCN(C(=O)C(C)NC(=O)OC(C)(C)C)C(C(=O)NCC(=O)OC)c1ccc(C)c(C)c1. The van der Waals surface area contributed by atoms with Gasteiger partial charge in [0.2, 0.25) is 11.8 Å². The molecule has 208 valence electrons. The smallest absolute Gasteiger partial charge is 0.408 e. The predicted octanol–water partition coefficient (Wildman–Crippen LogP) is 4.35. The summed E-state index contributed by atoms with van der Waals surface area (Å²) in [7, 11) is 1.24. The summed E-state index contributed by atoms with van der Waals surface area (Å²) in [5, 5.41) is 5.20. The van der Waals surface area contributed by atoms with Crippen LogP contribution in [0.1, 0.15) is 89.5 Å². The van der Waals surface area contributed by atoms with Crippen molar-refractivity contribution in [3.05, 3.63) is 34.9 Å². The molecule has 0 aliphatic heterocycles. The van der Waals surface area contributed by atoms with Crippen molar-refractivity contribution in [3.63, 3.8) is 0 Å². The van der Waals surface area contributed by atoms with Crippen LogP contribution in [0.25, 0.3) is 0 Å². The number of benzene rings is 1. The Morgan fingerprint density at radius 1 is 1.00 bits per heavy atom. The third kappa shape index (κ3) is 11.2. The number of nitrogens with one attached hydrogen (secondary N) is 2. The molecule has 0 spiro atoms. The Morgan fingerprint density at radius 2 is 1.65 bits per heavy atom. The second kappa shape index (κ2) is 15.2. The van der Waals surface area contributed by atoms with Crippen molar-refractivity contribution in [2.45, 2.75) is 98.3 Å². The number of ether oxygens (including phenoxy) is 2. The van der Waals surface area contributed by atoms with E-state index in [4.69, 9.17) is 4.74 Å². The van der Waals surface area contributed by atoms with Crippen LogP contribution in [-0.2, 0) is 23.9 Å². The van der Waals surface area contributed by atoms with Gasteiger partial charge in [-0.25, -0.2) is 4.79 Å². The monoisotopic (exact) mass is 519 g/mol. The molecule has 3 amide bonds. The van der Waals surface area contributed by atoms with Gasteiger partial charge in [0.1, 0.15) is 24.2 Å². The molecule has 0 saturated heterocycles. The van der Waals surface area contributed by atoms with Gasteiger partial charge >= 0.3 is 12.1 Å². The molecule has 2 atom stereocenters. The van der Waals surface area contributed by atoms with Gasteiger partial charge in [-0.2, -0.15) is 0 Å². The number of nitrogens with zero attached hydrogens (tertiary/aromatic N) is 1. The van der Waals surface area contributed by atoms with Crippen LogP contribution < -0.4 is 10.6 Å². The Kier molecular flexibility index (Phi) is 13.1. The molecule has 1 aromatic rings. The van der Waals surface area contributed by atoms with Gasteiger partial charge in [0.05, 0.1) is 7.11 Å². The molecule has 0 heterocycles. The third-order valence-electron chi connectivity index (χ3n) is 5.93. The average Bonchev–Trinajstić information content (AvgIpc) is 2.81. The summed E-state index contributed by atoms with van der Waals surface area (Å²) in [4.78, 5) is 52.7. The van der Waals surface area contributed by atoms with Crippen LogP contribution in [0.2, 0.25) is 0 Å². The van der Waals surface area contributed by atoms with Gasteiger partial charge < -0.3 is 25.0 Å². The van der Waals surface area contributed by atoms with Crippen molar-refractivity contribution in [1.29, 1.82) is 0 Å². The molecule has 0 aliphatic rings. The van der Waals surface area contributed by atoms with Crippen LogP contribution >= 0.6 is 0 Å². The minimum absolute atomic E-state index is 0.312. The number of unbranched alkanes of at least 4 members (excludes halogenated alkanes) is 4. The van der Waals surface area contributed by atoms with Gasteiger partial charge in [0, 0.05) is 6.54 Å². The molecule has 1 rings (SSSR count). The molecule has 0 saturated carbocycles. The molecule has 37 heavy (non-hydrogen) atoms. The first-order valence-corrected chi connectivity index (χ1v) is 13.0. The Balaban J connectivity index is 3.34. The summed E-state index contributed by atoms with van der Waals surface area (Å²) in [6.45, 7) is 12.8. The molecule has 0 bridgehead atoms. The molecule has 0 aliphatic carbocycles. The Hall–Kier alpha value is -3.10. The molecular formula is C28H45N3O6. The highest BCUT2D eigenvalue weighted by Crippen LogP contribution is 2.25. The Labute approximate surface area is 221 Å². The van der Waals surface area contributed by atoms with Crippen molar-refractivity contribution in [2.75, 3.05) is 20.2 Å². The van der Waals surface area contributed by atoms with Crippen LogP contribution in [0.4, 0.5) is 4.79 Å². The molecular weight excluding hydrogens is 474 g/mol. The molecule has 9 heteroatoms. The average molecular weight is 520 g/mol.